The highest BCUT2D eigenvalue weighted by molar-refractivity contribution is 5.96. The van der Waals surface area contributed by atoms with Crippen LogP contribution >= 0.6 is 0 Å². The number of carbonyl (C=O) groups excluding carboxylic acids is 2. The Labute approximate surface area is 241 Å². The molecule has 0 radical (unpaired) electrons. The number of imidazole rings is 1. The van der Waals surface area contributed by atoms with Crippen LogP contribution in [-0.2, 0) is 22.7 Å². The van der Waals surface area contributed by atoms with E-state index in [0.29, 0.717) is 6.07 Å². The van der Waals surface area contributed by atoms with Crippen LogP contribution in [0.1, 0.15) is 24.2 Å². The lowest BCUT2D eigenvalue weighted by Crippen LogP contribution is -2.44. The summed E-state index contributed by atoms with van der Waals surface area (Å²) in [7, 11) is 0. The lowest BCUT2D eigenvalue weighted by atomic mass is 10.1. The predicted octanol–water partition coefficient (Wildman–Crippen LogP) is 3.17. The average Bonchev–Trinajstić information content (AvgIpc) is 3.33. The Morgan fingerprint density at radius 2 is 1.93 bits per heavy atom. The summed E-state index contributed by atoms with van der Waals surface area (Å²) in [5.74, 6) is -3.55. The van der Waals surface area contributed by atoms with Crippen LogP contribution in [0.4, 0.5) is 23.7 Å². The van der Waals surface area contributed by atoms with Crippen LogP contribution in [0.2, 0.25) is 0 Å². The van der Waals surface area contributed by atoms with Crippen molar-refractivity contribution in [2.75, 3.05) is 5.32 Å². The molecule has 15 heteroatoms. The molecule has 6 N–H and O–H groups in total. The van der Waals surface area contributed by atoms with E-state index in [4.69, 9.17) is 15.6 Å². The number of fused-ring (bicyclic) bond motifs is 1. The van der Waals surface area contributed by atoms with Gasteiger partial charge >= 0.3 is 6.09 Å². The first-order valence-corrected chi connectivity index (χ1v) is 12.7. The second kappa shape index (κ2) is 13.4. The largest absolute Gasteiger partial charge is 0.486 e. The van der Waals surface area contributed by atoms with Crippen LogP contribution in [0.25, 0.3) is 11.0 Å². The molecule has 0 aliphatic carbocycles. The summed E-state index contributed by atoms with van der Waals surface area (Å²) < 4.78 is 48.3. The van der Waals surface area contributed by atoms with E-state index in [0.717, 1.165) is 24.3 Å². The molecule has 4 aromatic rings. The van der Waals surface area contributed by atoms with Crippen molar-refractivity contribution < 1.29 is 37.4 Å². The number of hydrogen-bond acceptors (Lipinski definition) is 6. The number of H-pyrrole nitrogens is 1. The molecule has 2 heterocycles. The molecule has 0 saturated heterocycles. The standard InChI is InChI=1S/C28H25F3N6O6/c29-16-8-7-15(18(31)10-16)14-43-22-12-17(30)11-21-25(22)36-24(33-21)13-37-9-3-5-20(27(37)40)34-26(39)19(35-28(41)42)4-1-2-6-23(32)38/h2-3,5-12,19,35H,1,4,13-14H2,(H2,32,38)(H,33,36)(H,34,39)(H,41,42)/b6-2+. The summed E-state index contributed by atoms with van der Waals surface area (Å²) in [5, 5.41) is 13.6. The number of allylic oxidation sites excluding steroid dienone is 1. The van der Waals surface area contributed by atoms with E-state index in [-0.39, 0.29) is 59.9 Å². The number of carboxylic acid groups (broad SMARTS) is 1. The van der Waals surface area contributed by atoms with E-state index >= 15 is 0 Å². The van der Waals surface area contributed by atoms with E-state index in [1.165, 1.54) is 35.0 Å². The quantitative estimate of drug-likeness (QED) is 0.155. The predicted molar refractivity (Wildman–Crippen MR) is 148 cm³/mol. The lowest BCUT2D eigenvalue weighted by Gasteiger charge is -2.16. The maximum atomic E-state index is 14.3. The van der Waals surface area contributed by atoms with Crippen LogP contribution in [0.3, 0.4) is 0 Å². The Morgan fingerprint density at radius 3 is 2.65 bits per heavy atom. The fourth-order valence-corrected chi connectivity index (χ4v) is 4.10. The highest BCUT2D eigenvalue weighted by Gasteiger charge is 2.21. The van der Waals surface area contributed by atoms with Gasteiger partial charge in [0, 0.05) is 23.9 Å². The first kappa shape index (κ1) is 30.4. The summed E-state index contributed by atoms with van der Waals surface area (Å²) in [6, 6.07) is 6.75. The topological polar surface area (TPSA) is 181 Å². The summed E-state index contributed by atoms with van der Waals surface area (Å²) >= 11 is 0. The minimum absolute atomic E-state index is 0.0165. The molecule has 1 unspecified atom stereocenters. The molecule has 12 nitrogen and oxygen atoms in total. The molecule has 0 fully saturated rings. The zero-order valence-corrected chi connectivity index (χ0v) is 22.3. The van der Waals surface area contributed by atoms with Crippen molar-refractivity contribution >= 4 is 34.6 Å². The lowest BCUT2D eigenvalue weighted by molar-refractivity contribution is -0.118. The number of rotatable bonds is 12. The highest BCUT2D eigenvalue weighted by atomic mass is 19.1. The van der Waals surface area contributed by atoms with Crippen molar-refractivity contribution in [2.45, 2.75) is 32.0 Å². The maximum absolute atomic E-state index is 14.3. The molecular weight excluding hydrogens is 573 g/mol. The van der Waals surface area contributed by atoms with Crippen molar-refractivity contribution in [3.8, 4) is 5.75 Å². The second-order valence-corrected chi connectivity index (χ2v) is 9.24. The third kappa shape index (κ3) is 8.00. The summed E-state index contributed by atoms with van der Waals surface area (Å²) in [6.07, 6.45) is 2.56. The molecule has 0 aliphatic heterocycles. The Bertz CT molecular complexity index is 1770. The van der Waals surface area contributed by atoms with Gasteiger partial charge in [-0.15, -0.1) is 0 Å². The van der Waals surface area contributed by atoms with Crippen LogP contribution in [0.15, 0.2) is 65.6 Å². The van der Waals surface area contributed by atoms with Gasteiger partial charge < -0.3 is 35.8 Å². The number of primary amides is 1. The van der Waals surface area contributed by atoms with Gasteiger partial charge in [0.05, 0.1) is 12.1 Å². The number of aromatic nitrogens is 3. The van der Waals surface area contributed by atoms with Gasteiger partial charge in [0.1, 0.15) is 47.1 Å². The molecule has 0 saturated carbocycles. The molecule has 224 valence electrons. The van der Waals surface area contributed by atoms with Gasteiger partial charge in [0.15, 0.2) is 5.75 Å². The molecule has 3 amide bonds. The van der Waals surface area contributed by atoms with E-state index in [2.05, 4.69) is 20.6 Å². The SMILES string of the molecule is NC(=O)/C=C/CCC(NC(=O)O)C(=O)Nc1cccn(Cc2nc3c(OCc4ccc(F)cc4F)cc(F)cc3[nH]2)c1=O. The zero-order valence-electron chi connectivity index (χ0n) is 22.3. The normalized spacial score (nSPS) is 11.9. The summed E-state index contributed by atoms with van der Waals surface area (Å²) in [5.41, 5.74) is 4.70. The molecule has 0 aliphatic rings. The van der Waals surface area contributed by atoms with Crippen molar-refractivity contribution in [3.05, 3.63) is 100 Å². The van der Waals surface area contributed by atoms with Gasteiger partial charge in [-0.3, -0.25) is 14.4 Å². The molecule has 4 rings (SSSR count). The van der Waals surface area contributed by atoms with E-state index in [1.807, 2.05) is 0 Å². The Kier molecular flexibility index (Phi) is 9.44. The fraction of sp³-hybridized carbons (Fsp3) is 0.179. The minimum Gasteiger partial charge on any atom is -0.486 e. The van der Waals surface area contributed by atoms with Crippen molar-refractivity contribution in [1.29, 1.82) is 0 Å². The van der Waals surface area contributed by atoms with Gasteiger partial charge in [-0.1, -0.05) is 6.08 Å². The number of nitrogens with zero attached hydrogens (tertiary/aromatic N) is 2. The number of amides is 3. The molecule has 0 spiro atoms. The van der Waals surface area contributed by atoms with Gasteiger partial charge in [0.2, 0.25) is 11.8 Å². The number of halogens is 3. The summed E-state index contributed by atoms with van der Waals surface area (Å²) in [4.78, 5) is 55.2. The highest BCUT2D eigenvalue weighted by Crippen LogP contribution is 2.27. The van der Waals surface area contributed by atoms with E-state index in [1.54, 1.807) is 0 Å². The van der Waals surface area contributed by atoms with Gasteiger partial charge in [-0.25, -0.2) is 22.9 Å². The number of ether oxygens (including phenoxy) is 1. The average molecular weight is 599 g/mol. The second-order valence-electron chi connectivity index (χ2n) is 9.24. The van der Waals surface area contributed by atoms with E-state index < -0.39 is 47.0 Å². The fourth-order valence-electron chi connectivity index (χ4n) is 4.10. The van der Waals surface area contributed by atoms with Crippen LogP contribution in [-0.4, -0.2) is 43.6 Å². The zero-order chi connectivity index (χ0) is 31.1. The Hall–Kier alpha value is -5.60. The molecule has 43 heavy (non-hydrogen) atoms. The molecule has 0 bridgehead atoms. The first-order chi connectivity index (χ1) is 20.5. The minimum atomic E-state index is -1.46. The van der Waals surface area contributed by atoms with Crippen molar-refractivity contribution in [2.24, 2.45) is 5.73 Å². The van der Waals surface area contributed by atoms with Crippen LogP contribution in [0, 0.1) is 17.5 Å². The Balaban J connectivity index is 1.51. The van der Waals surface area contributed by atoms with Crippen LogP contribution in [0.5, 0.6) is 5.75 Å². The smallest absolute Gasteiger partial charge is 0.405 e. The third-order valence-corrected chi connectivity index (χ3v) is 6.08. The number of nitrogens with one attached hydrogen (secondary N) is 3. The van der Waals surface area contributed by atoms with Gasteiger partial charge in [-0.05, 0) is 49.2 Å². The molecule has 2 aromatic carbocycles. The molecule has 1 atom stereocenters. The number of anilines is 1. The monoisotopic (exact) mass is 598 g/mol. The molecular formula is C28H25F3N6O6. The first-order valence-electron chi connectivity index (χ1n) is 12.7. The van der Waals surface area contributed by atoms with Crippen molar-refractivity contribution in [3.63, 3.8) is 0 Å². The number of benzene rings is 2. The number of aromatic amines is 1. The summed E-state index contributed by atoms with van der Waals surface area (Å²) in [6.45, 7) is -0.465. The Morgan fingerprint density at radius 1 is 1.14 bits per heavy atom. The number of carbonyl (C=O) groups is 3. The van der Waals surface area contributed by atoms with Crippen LogP contribution < -0.4 is 26.7 Å². The third-order valence-electron chi connectivity index (χ3n) is 6.08. The number of pyridine rings is 1. The van der Waals surface area contributed by atoms with Crippen molar-refractivity contribution in [1.82, 2.24) is 19.9 Å². The van der Waals surface area contributed by atoms with E-state index in [9.17, 15) is 32.3 Å². The molecule has 2 aromatic heterocycles. The maximum Gasteiger partial charge on any atom is 0.405 e. The number of nitrogens with two attached hydrogens (primary N) is 1. The number of hydrogen-bond donors (Lipinski definition) is 5. The van der Waals surface area contributed by atoms with Gasteiger partial charge in [-0.2, -0.15) is 0 Å². The van der Waals surface area contributed by atoms with Gasteiger partial charge in [0.25, 0.3) is 5.56 Å².